The van der Waals surface area contributed by atoms with Crippen molar-refractivity contribution >= 4 is 35.0 Å². The van der Waals surface area contributed by atoms with Crippen LogP contribution in [0.5, 0.6) is 5.75 Å². The predicted molar refractivity (Wildman–Crippen MR) is 170 cm³/mol. The third-order valence-corrected chi connectivity index (χ3v) is 8.41. The average Bonchev–Trinajstić information content (AvgIpc) is 3.64. The number of carbonyl (C=O) groups excluding carboxylic acids is 1. The molecule has 226 valence electrons. The number of thiazole rings is 1. The molecule has 0 saturated carbocycles. The number of hydrogen-bond acceptors (Lipinski definition) is 8. The lowest BCUT2D eigenvalue weighted by Crippen LogP contribution is -2.40. The number of ether oxygens (including phenoxy) is 2. The van der Waals surface area contributed by atoms with Gasteiger partial charge < -0.3 is 19.0 Å². The van der Waals surface area contributed by atoms with E-state index in [2.05, 4.69) is 0 Å². The second kappa shape index (κ2) is 12.3. The van der Waals surface area contributed by atoms with Gasteiger partial charge in [-0.15, -0.1) is 0 Å². The standard InChI is InChI=1S/C35H28N2O7S/c1-4-43-34(41)29-30(21-9-6-5-7-10-21)36-35-37(31(29)22-11-8-12-24(18-22)42-3)32(38)28(45-35)19-25-14-16-27(44-25)26-15-13-23(33(39)40)17-20(26)2/h5-19,31H,4H2,1-3H3,(H,39,40)/b28-19-/t31-/m0/s1. The van der Waals surface area contributed by atoms with Gasteiger partial charge in [0.15, 0.2) is 4.80 Å². The summed E-state index contributed by atoms with van der Waals surface area (Å²) in [6.07, 6.45) is 1.65. The highest BCUT2D eigenvalue weighted by atomic mass is 32.1. The highest BCUT2D eigenvalue weighted by Gasteiger charge is 2.35. The lowest BCUT2D eigenvalue weighted by Gasteiger charge is -2.26. The van der Waals surface area contributed by atoms with E-state index in [-0.39, 0.29) is 23.3 Å². The zero-order valence-corrected chi connectivity index (χ0v) is 25.5. The molecule has 0 spiro atoms. The van der Waals surface area contributed by atoms with Crippen LogP contribution in [-0.2, 0) is 9.53 Å². The molecular weight excluding hydrogens is 592 g/mol. The van der Waals surface area contributed by atoms with Crippen molar-refractivity contribution in [1.82, 2.24) is 4.57 Å². The molecule has 3 heterocycles. The van der Waals surface area contributed by atoms with Gasteiger partial charge >= 0.3 is 11.9 Å². The van der Waals surface area contributed by atoms with E-state index in [1.165, 1.54) is 22.0 Å². The topological polar surface area (TPSA) is 120 Å². The Morgan fingerprint density at radius 1 is 1.04 bits per heavy atom. The highest BCUT2D eigenvalue weighted by molar-refractivity contribution is 7.07. The summed E-state index contributed by atoms with van der Waals surface area (Å²) in [7, 11) is 1.56. The second-order valence-electron chi connectivity index (χ2n) is 10.2. The number of carboxylic acid groups (broad SMARTS) is 1. The van der Waals surface area contributed by atoms with Crippen molar-refractivity contribution in [3.05, 3.63) is 138 Å². The van der Waals surface area contributed by atoms with E-state index in [1.807, 2.05) is 49.4 Å². The summed E-state index contributed by atoms with van der Waals surface area (Å²) >= 11 is 1.19. The molecule has 45 heavy (non-hydrogen) atoms. The quantitative estimate of drug-likeness (QED) is 0.237. The first-order chi connectivity index (χ1) is 21.8. The maximum atomic E-state index is 14.1. The molecule has 1 aliphatic rings. The average molecular weight is 621 g/mol. The number of benzene rings is 3. The van der Waals surface area contributed by atoms with Gasteiger partial charge in [-0.05, 0) is 61.4 Å². The van der Waals surface area contributed by atoms with Crippen LogP contribution in [0.2, 0.25) is 0 Å². The Morgan fingerprint density at radius 3 is 2.56 bits per heavy atom. The number of esters is 1. The number of aromatic carboxylic acids is 1. The molecular formula is C35H28N2O7S. The normalized spacial score (nSPS) is 14.6. The van der Waals surface area contributed by atoms with Crippen LogP contribution in [0.25, 0.3) is 23.1 Å². The molecule has 1 N–H and O–H groups in total. The minimum atomic E-state index is -1.01. The Hall–Kier alpha value is -5.48. The summed E-state index contributed by atoms with van der Waals surface area (Å²) in [6, 6.07) is 24.1. The lowest BCUT2D eigenvalue weighted by molar-refractivity contribution is -0.138. The smallest absolute Gasteiger partial charge is 0.338 e. The van der Waals surface area contributed by atoms with Crippen LogP contribution in [0, 0.1) is 6.92 Å². The molecule has 3 aromatic carbocycles. The summed E-state index contributed by atoms with van der Waals surface area (Å²) < 4.78 is 19.0. The summed E-state index contributed by atoms with van der Waals surface area (Å²) in [6.45, 7) is 3.70. The van der Waals surface area contributed by atoms with Crippen LogP contribution >= 0.6 is 11.3 Å². The fraction of sp³-hybridized carbons (Fsp3) is 0.143. The van der Waals surface area contributed by atoms with E-state index in [0.29, 0.717) is 43.4 Å². The Kier molecular flexibility index (Phi) is 8.06. The monoisotopic (exact) mass is 620 g/mol. The number of aryl methyl sites for hydroxylation is 1. The number of nitrogens with zero attached hydrogens (tertiary/aromatic N) is 2. The van der Waals surface area contributed by atoms with E-state index in [0.717, 1.165) is 11.1 Å². The molecule has 0 fully saturated rings. The molecule has 0 aliphatic carbocycles. The molecule has 0 bridgehead atoms. The van der Waals surface area contributed by atoms with E-state index >= 15 is 0 Å². The number of carboxylic acids is 1. The molecule has 9 nitrogen and oxygen atoms in total. The molecule has 0 unspecified atom stereocenters. The summed E-state index contributed by atoms with van der Waals surface area (Å²) in [5.41, 5.74) is 3.37. The van der Waals surface area contributed by atoms with Gasteiger partial charge in [0, 0.05) is 17.2 Å². The summed E-state index contributed by atoms with van der Waals surface area (Å²) in [5.74, 6) is -0.0292. The molecule has 0 saturated heterocycles. The molecule has 1 aliphatic heterocycles. The van der Waals surface area contributed by atoms with Gasteiger partial charge in [0.25, 0.3) is 5.56 Å². The van der Waals surface area contributed by atoms with Crippen molar-refractivity contribution in [3.63, 3.8) is 0 Å². The fourth-order valence-electron chi connectivity index (χ4n) is 5.34. The van der Waals surface area contributed by atoms with E-state index in [9.17, 15) is 19.5 Å². The Balaban J connectivity index is 1.54. The molecule has 0 amide bonds. The van der Waals surface area contributed by atoms with Crippen molar-refractivity contribution in [2.24, 2.45) is 4.99 Å². The van der Waals surface area contributed by atoms with E-state index in [4.69, 9.17) is 18.9 Å². The number of methoxy groups -OCH3 is 1. The third kappa shape index (κ3) is 5.63. The Labute approximate surface area is 261 Å². The van der Waals surface area contributed by atoms with E-state index in [1.54, 1.807) is 56.5 Å². The molecule has 6 rings (SSSR count). The molecule has 2 aromatic heterocycles. The zero-order chi connectivity index (χ0) is 31.7. The first kappa shape index (κ1) is 29.6. The van der Waals surface area contributed by atoms with Gasteiger partial charge in [-0.3, -0.25) is 9.36 Å². The number of fused-ring (bicyclic) bond motifs is 1. The Morgan fingerprint density at radius 2 is 1.84 bits per heavy atom. The SMILES string of the molecule is CCOC(=O)C1=C(c2ccccc2)N=c2s/c(=C\c3ccc(-c4ccc(C(=O)O)cc4C)o3)c(=O)n2[C@H]1c1cccc(OC)c1. The zero-order valence-electron chi connectivity index (χ0n) is 24.6. The third-order valence-electron chi connectivity index (χ3n) is 7.42. The van der Waals surface area contributed by atoms with Crippen LogP contribution in [0.3, 0.4) is 0 Å². The van der Waals surface area contributed by atoms with Crippen molar-refractivity contribution in [2.45, 2.75) is 19.9 Å². The highest BCUT2D eigenvalue weighted by Crippen LogP contribution is 2.36. The van der Waals surface area contributed by atoms with Crippen molar-refractivity contribution < 1.29 is 28.6 Å². The van der Waals surface area contributed by atoms with Gasteiger partial charge in [-0.1, -0.05) is 59.9 Å². The molecule has 5 aromatic rings. The number of rotatable bonds is 8. The molecule has 1 atom stereocenters. The van der Waals surface area contributed by atoms with Gasteiger partial charge in [0.1, 0.15) is 17.3 Å². The largest absolute Gasteiger partial charge is 0.497 e. The second-order valence-corrected chi connectivity index (χ2v) is 11.3. The van der Waals surface area contributed by atoms with Gasteiger partial charge in [0.2, 0.25) is 0 Å². The number of carbonyl (C=O) groups is 2. The number of aromatic nitrogens is 1. The van der Waals surface area contributed by atoms with E-state index < -0.39 is 18.0 Å². The van der Waals surface area contributed by atoms with Crippen LogP contribution in [-0.4, -0.2) is 35.3 Å². The van der Waals surface area contributed by atoms with Crippen molar-refractivity contribution in [1.29, 1.82) is 0 Å². The van der Waals surface area contributed by atoms with Crippen LogP contribution in [0.1, 0.15) is 45.8 Å². The van der Waals surface area contributed by atoms with Crippen molar-refractivity contribution in [2.75, 3.05) is 13.7 Å². The van der Waals surface area contributed by atoms with Gasteiger partial charge in [0.05, 0.1) is 41.1 Å². The molecule has 10 heteroatoms. The first-order valence-corrected chi connectivity index (χ1v) is 15.0. The molecule has 0 radical (unpaired) electrons. The lowest BCUT2D eigenvalue weighted by atomic mass is 9.93. The maximum absolute atomic E-state index is 14.1. The summed E-state index contributed by atoms with van der Waals surface area (Å²) in [5, 5.41) is 9.31. The summed E-state index contributed by atoms with van der Waals surface area (Å²) in [4.78, 5) is 44.4. The minimum Gasteiger partial charge on any atom is -0.497 e. The van der Waals surface area contributed by atoms with Crippen LogP contribution in [0.15, 0.2) is 105 Å². The van der Waals surface area contributed by atoms with Crippen LogP contribution < -0.4 is 19.6 Å². The maximum Gasteiger partial charge on any atom is 0.338 e. The number of furan rings is 1. The first-order valence-electron chi connectivity index (χ1n) is 14.2. The van der Waals surface area contributed by atoms with Gasteiger partial charge in [-0.2, -0.15) is 0 Å². The fourth-order valence-corrected chi connectivity index (χ4v) is 6.33. The van der Waals surface area contributed by atoms with Crippen molar-refractivity contribution in [3.8, 4) is 17.1 Å². The predicted octanol–water partition coefficient (Wildman–Crippen LogP) is 5.21. The van der Waals surface area contributed by atoms with Crippen LogP contribution in [0.4, 0.5) is 0 Å². The van der Waals surface area contributed by atoms with Gasteiger partial charge in [-0.25, -0.2) is 14.6 Å². The number of hydrogen-bond donors (Lipinski definition) is 1. The minimum absolute atomic E-state index is 0.152. The Bertz CT molecular complexity index is 2160.